The molecule has 1 heterocycles. The molecule has 0 saturated carbocycles. The number of hydrogen-bond donors (Lipinski definition) is 1. The van der Waals surface area contributed by atoms with E-state index >= 15 is 0 Å². The highest BCUT2D eigenvalue weighted by Gasteiger charge is 2.03. The molecule has 0 spiro atoms. The second-order valence-corrected chi connectivity index (χ2v) is 3.02. The summed E-state index contributed by atoms with van der Waals surface area (Å²) in [5, 5.41) is 9.02. The van der Waals surface area contributed by atoms with Crippen LogP contribution in [-0.2, 0) is 13.6 Å². The molecule has 1 N–H and O–H groups in total. The van der Waals surface area contributed by atoms with E-state index in [2.05, 4.69) is 0 Å². The van der Waals surface area contributed by atoms with Gasteiger partial charge in [-0.2, -0.15) is 0 Å². The summed E-state index contributed by atoms with van der Waals surface area (Å²) < 4.78 is 2.41. The molecule has 1 rings (SSSR count). The molecule has 1 aromatic heterocycles. The fraction of sp³-hybridized carbons (Fsp3) is 0.500. The van der Waals surface area contributed by atoms with E-state index < -0.39 is 17.2 Å². The fourth-order valence-electron chi connectivity index (χ4n) is 1.02. The van der Waals surface area contributed by atoms with Crippen LogP contribution in [0, 0.1) is 0 Å². The molecule has 5 heteroatoms. The Bertz CT molecular complexity index is 403. The number of aromatic nitrogens is 2. The Labute approximate surface area is 74.9 Å². The minimum atomic E-state index is -0.634. The normalized spacial score (nSPS) is 12.8. The van der Waals surface area contributed by atoms with Crippen molar-refractivity contribution in [2.45, 2.75) is 19.6 Å². The number of aryl methyl sites for hydroxylation is 1. The van der Waals surface area contributed by atoms with Crippen molar-refractivity contribution in [1.29, 1.82) is 0 Å². The molecule has 0 amide bonds. The molecule has 1 atom stereocenters. The molecular weight excluding hydrogens is 172 g/mol. The first-order valence-corrected chi connectivity index (χ1v) is 3.96. The SMILES string of the molecule is C[C@@H](O)Cn1ccn(C)c(=O)c1=O. The standard InChI is InChI=1S/C8H12N2O3/c1-6(11)5-10-4-3-9(2)7(12)8(10)13/h3-4,6,11H,5H2,1-2H3/t6-/m1/s1. The first-order chi connectivity index (χ1) is 6.02. The van der Waals surface area contributed by atoms with E-state index in [9.17, 15) is 9.59 Å². The Kier molecular flexibility index (Phi) is 2.67. The Hall–Kier alpha value is -1.36. The number of hydrogen-bond acceptors (Lipinski definition) is 3. The van der Waals surface area contributed by atoms with E-state index in [4.69, 9.17) is 5.11 Å². The van der Waals surface area contributed by atoms with Gasteiger partial charge in [0, 0.05) is 19.4 Å². The van der Waals surface area contributed by atoms with Crippen LogP contribution in [0.4, 0.5) is 0 Å². The molecule has 5 nitrogen and oxygen atoms in total. The van der Waals surface area contributed by atoms with Crippen LogP contribution < -0.4 is 11.1 Å². The largest absolute Gasteiger partial charge is 0.392 e. The predicted octanol–water partition coefficient (Wildman–Crippen LogP) is -1.07. The quantitative estimate of drug-likeness (QED) is 0.595. The number of rotatable bonds is 2. The molecule has 0 aromatic carbocycles. The first kappa shape index (κ1) is 9.73. The lowest BCUT2D eigenvalue weighted by atomic mass is 10.4. The van der Waals surface area contributed by atoms with Gasteiger partial charge in [0.2, 0.25) is 0 Å². The first-order valence-electron chi connectivity index (χ1n) is 3.96. The number of nitrogens with zero attached hydrogens (tertiary/aromatic N) is 2. The lowest BCUT2D eigenvalue weighted by Gasteiger charge is -2.07. The maximum atomic E-state index is 11.2. The van der Waals surface area contributed by atoms with Crippen LogP contribution in [0.1, 0.15) is 6.92 Å². The van der Waals surface area contributed by atoms with Gasteiger partial charge in [-0.15, -0.1) is 0 Å². The molecule has 0 bridgehead atoms. The fourth-order valence-corrected chi connectivity index (χ4v) is 1.02. The van der Waals surface area contributed by atoms with Crippen molar-refractivity contribution in [3.63, 3.8) is 0 Å². The lowest BCUT2D eigenvalue weighted by molar-refractivity contribution is 0.171. The van der Waals surface area contributed by atoms with E-state index in [1.165, 1.54) is 28.6 Å². The molecule has 1 aromatic rings. The highest BCUT2D eigenvalue weighted by molar-refractivity contribution is 4.84. The molecule has 13 heavy (non-hydrogen) atoms. The smallest absolute Gasteiger partial charge is 0.316 e. The summed E-state index contributed by atoms with van der Waals surface area (Å²) in [5.74, 6) is 0. The van der Waals surface area contributed by atoms with Gasteiger partial charge in [0.1, 0.15) is 0 Å². The lowest BCUT2D eigenvalue weighted by Crippen LogP contribution is -2.40. The molecule has 0 radical (unpaired) electrons. The summed E-state index contributed by atoms with van der Waals surface area (Å²) in [5.41, 5.74) is -1.19. The summed E-state index contributed by atoms with van der Waals surface area (Å²) in [6, 6.07) is 0. The summed E-state index contributed by atoms with van der Waals surface area (Å²) in [4.78, 5) is 22.4. The van der Waals surface area contributed by atoms with Gasteiger partial charge in [-0.05, 0) is 6.92 Å². The molecule has 0 unspecified atom stereocenters. The van der Waals surface area contributed by atoms with Gasteiger partial charge in [-0.25, -0.2) is 0 Å². The van der Waals surface area contributed by atoms with E-state index in [1.54, 1.807) is 6.92 Å². The Morgan fingerprint density at radius 1 is 1.38 bits per heavy atom. The maximum Gasteiger partial charge on any atom is 0.316 e. The van der Waals surface area contributed by atoms with E-state index in [-0.39, 0.29) is 6.54 Å². The number of aliphatic hydroxyl groups is 1. The molecule has 0 aliphatic carbocycles. The second kappa shape index (κ2) is 3.57. The van der Waals surface area contributed by atoms with Crippen molar-refractivity contribution in [2.75, 3.05) is 0 Å². The molecule has 0 aliphatic heterocycles. The van der Waals surface area contributed by atoms with Crippen molar-refractivity contribution in [1.82, 2.24) is 9.13 Å². The zero-order valence-corrected chi connectivity index (χ0v) is 7.60. The van der Waals surface area contributed by atoms with Crippen LogP contribution in [-0.4, -0.2) is 20.3 Å². The van der Waals surface area contributed by atoms with Gasteiger partial charge < -0.3 is 14.2 Å². The topological polar surface area (TPSA) is 64.2 Å². The van der Waals surface area contributed by atoms with Gasteiger partial charge in [0.25, 0.3) is 0 Å². The van der Waals surface area contributed by atoms with Crippen molar-refractivity contribution in [3.8, 4) is 0 Å². The molecule has 0 aliphatic rings. The van der Waals surface area contributed by atoms with Crippen molar-refractivity contribution in [3.05, 3.63) is 33.1 Å². The predicted molar refractivity (Wildman–Crippen MR) is 47.6 cm³/mol. The highest BCUT2D eigenvalue weighted by atomic mass is 16.3. The molecule has 72 valence electrons. The Morgan fingerprint density at radius 3 is 2.54 bits per heavy atom. The second-order valence-electron chi connectivity index (χ2n) is 3.02. The maximum absolute atomic E-state index is 11.2. The average Bonchev–Trinajstić information content (AvgIpc) is 2.06. The van der Waals surface area contributed by atoms with Crippen molar-refractivity contribution < 1.29 is 5.11 Å². The van der Waals surface area contributed by atoms with Crippen molar-refractivity contribution in [2.24, 2.45) is 7.05 Å². The van der Waals surface area contributed by atoms with Crippen LogP contribution in [0.15, 0.2) is 22.0 Å². The van der Waals surface area contributed by atoms with Crippen LogP contribution in [0.25, 0.3) is 0 Å². The Balaban J connectivity index is 3.20. The zero-order chi connectivity index (χ0) is 10.0. The number of aliphatic hydroxyl groups excluding tert-OH is 1. The third-order valence-electron chi connectivity index (χ3n) is 1.70. The highest BCUT2D eigenvalue weighted by Crippen LogP contribution is 1.84. The zero-order valence-electron chi connectivity index (χ0n) is 7.60. The third kappa shape index (κ3) is 2.06. The van der Waals surface area contributed by atoms with Gasteiger partial charge in [-0.3, -0.25) is 9.59 Å². The monoisotopic (exact) mass is 184 g/mol. The minimum absolute atomic E-state index is 0.148. The molecular formula is C8H12N2O3. The van der Waals surface area contributed by atoms with Gasteiger partial charge in [0.05, 0.1) is 12.6 Å². The summed E-state index contributed by atoms with van der Waals surface area (Å²) in [6.45, 7) is 1.71. The van der Waals surface area contributed by atoms with E-state index in [0.29, 0.717) is 0 Å². The van der Waals surface area contributed by atoms with E-state index in [0.717, 1.165) is 0 Å². The molecule has 0 saturated heterocycles. The van der Waals surface area contributed by atoms with Crippen LogP contribution >= 0.6 is 0 Å². The van der Waals surface area contributed by atoms with E-state index in [1.807, 2.05) is 0 Å². The summed E-state index contributed by atoms with van der Waals surface area (Å²) >= 11 is 0. The van der Waals surface area contributed by atoms with Crippen LogP contribution in [0.2, 0.25) is 0 Å². The average molecular weight is 184 g/mol. The summed E-state index contributed by atoms with van der Waals surface area (Å²) in [6.07, 6.45) is 2.34. The molecule has 0 fully saturated rings. The van der Waals surface area contributed by atoms with Gasteiger partial charge in [-0.1, -0.05) is 0 Å². The van der Waals surface area contributed by atoms with Crippen LogP contribution in [0.3, 0.4) is 0 Å². The van der Waals surface area contributed by atoms with Gasteiger partial charge >= 0.3 is 11.1 Å². The van der Waals surface area contributed by atoms with Crippen molar-refractivity contribution >= 4 is 0 Å². The van der Waals surface area contributed by atoms with Gasteiger partial charge in [0.15, 0.2) is 0 Å². The minimum Gasteiger partial charge on any atom is -0.392 e. The van der Waals surface area contributed by atoms with Crippen LogP contribution in [0.5, 0.6) is 0 Å². The Morgan fingerprint density at radius 2 is 2.00 bits per heavy atom. The third-order valence-corrected chi connectivity index (χ3v) is 1.70. The summed E-state index contributed by atoms with van der Waals surface area (Å²) in [7, 11) is 1.51.